The van der Waals surface area contributed by atoms with Crippen LogP contribution < -0.4 is 5.32 Å². The van der Waals surface area contributed by atoms with Crippen molar-refractivity contribution in [2.75, 3.05) is 0 Å². The van der Waals surface area contributed by atoms with E-state index in [1.54, 1.807) is 6.26 Å². The third kappa shape index (κ3) is 2.18. The molecule has 0 bridgehead atoms. The van der Waals surface area contributed by atoms with E-state index < -0.39 is 0 Å². The number of aryl methyl sites for hydroxylation is 1. The minimum absolute atomic E-state index is 0.191. The zero-order valence-electron chi connectivity index (χ0n) is 10.6. The highest BCUT2D eigenvalue weighted by Crippen LogP contribution is 2.16. The standard InChI is InChI=1S/C13H18N4O/c1-10(11-5-4-8-18-11)14-9-13-16-15-12-6-2-3-7-17(12)13/h4-5,8,10,14H,2-3,6-7,9H2,1H3/t10-/m1/s1. The van der Waals surface area contributed by atoms with E-state index in [1.165, 1.54) is 12.8 Å². The molecule has 5 heteroatoms. The molecule has 0 spiro atoms. The highest BCUT2D eigenvalue weighted by molar-refractivity contribution is 5.04. The molecule has 2 aromatic rings. The average molecular weight is 246 g/mol. The first-order chi connectivity index (χ1) is 8.84. The lowest BCUT2D eigenvalue weighted by molar-refractivity contribution is 0.419. The fourth-order valence-corrected chi connectivity index (χ4v) is 2.38. The number of furan rings is 1. The van der Waals surface area contributed by atoms with Crippen molar-refractivity contribution in [3.8, 4) is 0 Å². The lowest BCUT2D eigenvalue weighted by Gasteiger charge is -2.16. The van der Waals surface area contributed by atoms with Crippen LogP contribution in [0, 0.1) is 0 Å². The van der Waals surface area contributed by atoms with Crippen LogP contribution in [0.5, 0.6) is 0 Å². The van der Waals surface area contributed by atoms with Crippen LogP contribution in [0.15, 0.2) is 22.8 Å². The highest BCUT2D eigenvalue weighted by Gasteiger charge is 2.16. The molecule has 0 amide bonds. The number of hydrogen-bond donors (Lipinski definition) is 1. The fourth-order valence-electron chi connectivity index (χ4n) is 2.38. The Morgan fingerprint density at radius 3 is 3.22 bits per heavy atom. The minimum atomic E-state index is 0.191. The van der Waals surface area contributed by atoms with Gasteiger partial charge in [0, 0.05) is 13.0 Å². The van der Waals surface area contributed by atoms with Gasteiger partial charge < -0.3 is 14.3 Å². The van der Waals surface area contributed by atoms with Crippen LogP contribution in [0.4, 0.5) is 0 Å². The molecule has 5 nitrogen and oxygen atoms in total. The molecule has 0 saturated carbocycles. The molecule has 2 aromatic heterocycles. The van der Waals surface area contributed by atoms with Crippen molar-refractivity contribution >= 4 is 0 Å². The summed E-state index contributed by atoms with van der Waals surface area (Å²) in [4.78, 5) is 0. The first kappa shape index (κ1) is 11.5. The quantitative estimate of drug-likeness (QED) is 0.897. The van der Waals surface area contributed by atoms with E-state index in [9.17, 15) is 0 Å². The number of aromatic nitrogens is 3. The Bertz CT molecular complexity index is 503. The van der Waals surface area contributed by atoms with Gasteiger partial charge in [0.05, 0.1) is 18.8 Å². The van der Waals surface area contributed by atoms with E-state index in [1.807, 2.05) is 12.1 Å². The molecular weight excluding hydrogens is 228 g/mol. The summed E-state index contributed by atoms with van der Waals surface area (Å²) in [6, 6.07) is 4.08. The SMILES string of the molecule is C[C@@H](NCc1nnc2n1CCCC2)c1ccco1. The van der Waals surface area contributed by atoms with Gasteiger partial charge in [0.25, 0.3) is 0 Å². The lowest BCUT2D eigenvalue weighted by Crippen LogP contribution is -2.22. The van der Waals surface area contributed by atoms with Crippen LogP contribution in [0.3, 0.4) is 0 Å². The van der Waals surface area contributed by atoms with Gasteiger partial charge in [-0.1, -0.05) is 0 Å². The monoisotopic (exact) mass is 246 g/mol. The Hall–Kier alpha value is -1.62. The lowest BCUT2D eigenvalue weighted by atomic mass is 10.1. The summed E-state index contributed by atoms with van der Waals surface area (Å²) in [5.74, 6) is 3.11. The van der Waals surface area contributed by atoms with Crippen molar-refractivity contribution in [2.24, 2.45) is 0 Å². The van der Waals surface area contributed by atoms with E-state index in [-0.39, 0.29) is 6.04 Å². The average Bonchev–Trinajstić information content (AvgIpc) is 3.06. The third-order valence-corrected chi connectivity index (χ3v) is 3.47. The maximum Gasteiger partial charge on any atom is 0.147 e. The smallest absolute Gasteiger partial charge is 0.147 e. The van der Waals surface area contributed by atoms with Crippen LogP contribution in [-0.2, 0) is 19.5 Å². The summed E-state index contributed by atoms with van der Waals surface area (Å²) in [6.07, 6.45) is 5.22. The summed E-state index contributed by atoms with van der Waals surface area (Å²) in [6.45, 7) is 3.87. The minimum Gasteiger partial charge on any atom is -0.468 e. The molecule has 0 unspecified atom stereocenters. The second kappa shape index (κ2) is 4.94. The van der Waals surface area contributed by atoms with Crippen molar-refractivity contribution in [3.05, 3.63) is 35.8 Å². The van der Waals surface area contributed by atoms with E-state index in [4.69, 9.17) is 4.42 Å². The zero-order valence-corrected chi connectivity index (χ0v) is 10.6. The first-order valence-electron chi connectivity index (χ1n) is 6.52. The second-order valence-corrected chi connectivity index (χ2v) is 4.76. The predicted octanol–water partition coefficient (Wildman–Crippen LogP) is 2.06. The largest absolute Gasteiger partial charge is 0.468 e. The zero-order chi connectivity index (χ0) is 12.4. The van der Waals surface area contributed by atoms with Gasteiger partial charge in [-0.05, 0) is 31.9 Å². The Balaban J connectivity index is 1.65. The van der Waals surface area contributed by atoms with E-state index >= 15 is 0 Å². The molecular formula is C13H18N4O. The van der Waals surface area contributed by atoms with Crippen LogP contribution in [0.1, 0.15) is 43.2 Å². The van der Waals surface area contributed by atoms with Gasteiger partial charge in [0.1, 0.15) is 17.4 Å². The normalized spacial score (nSPS) is 16.5. The molecule has 3 heterocycles. The van der Waals surface area contributed by atoms with Crippen LogP contribution in [0.25, 0.3) is 0 Å². The van der Waals surface area contributed by atoms with Crippen molar-refractivity contribution < 1.29 is 4.42 Å². The maximum absolute atomic E-state index is 5.37. The van der Waals surface area contributed by atoms with E-state index in [0.717, 1.165) is 36.9 Å². The first-order valence-corrected chi connectivity index (χ1v) is 6.52. The molecule has 0 saturated heterocycles. The summed E-state index contributed by atoms with van der Waals surface area (Å²) in [5.41, 5.74) is 0. The molecule has 1 aliphatic rings. The highest BCUT2D eigenvalue weighted by atomic mass is 16.3. The summed E-state index contributed by atoms with van der Waals surface area (Å²) < 4.78 is 7.61. The number of nitrogens with zero attached hydrogens (tertiary/aromatic N) is 3. The topological polar surface area (TPSA) is 55.9 Å². The van der Waals surface area contributed by atoms with Crippen LogP contribution in [0.2, 0.25) is 0 Å². The molecule has 0 aliphatic carbocycles. The Morgan fingerprint density at radius 2 is 2.39 bits per heavy atom. The number of hydrogen-bond acceptors (Lipinski definition) is 4. The summed E-state index contributed by atoms with van der Waals surface area (Å²) in [5, 5.41) is 11.9. The molecule has 18 heavy (non-hydrogen) atoms. The van der Waals surface area contributed by atoms with E-state index in [0.29, 0.717) is 0 Å². The van der Waals surface area contributed by atoms with Gasteiger partial charge in [0.2, 0.25) is 0 Å². The van der Waals surface area contributed by atoms with Crippen molar-refractivity contribution in [1.82, 2.24) is 20.1 Å². The number of fused-ring (bicyclic) bond motifs is 1. The third-order valence-electron chi connectivity index (χ3n) is 3.47. The van der Waals surface area contributed by atoms with Crippen molar-refractivity contribution in [3.63, 3.8) is 0 Å². The molecule has 1 aliphatic heterocycles. The van der Waals surface area contributed by atoms with Gasteiger partial charge >= 0.3 is 0 Å². The molecule has 1 N–H and O–H groups in total. The predicted molar refractivity (Wildman–Crippen MR) is 66.9 cm³/mol. The maximum atomic E-state index is 5.37. The Labute approximate surface area is 106 Å². The van der Waals surface area contributed by atoms with Gasteiger partial charge in [0.15, 0.2) is 0 Å². The van der Waals surface area contributed by atoms with Crippen molar-refractivity contribution in [2.45, 2.75) is 45.3 Å². The molecule has 0 fully saturated rings. The van der Waals surface area contributed by atoms with Gasteiger partial charge in [-0.2, -0.15) is 0 Å². The molecule has 0 aromatic carbocycles. The Kier molecular flexibility index (Phi) is 3.15. The molecule has 0 radical (unpaired) electrons. The summed E-state index contributed by atoms with van der Waals surface area (Å²) >= 11 is 0. The van der Waals surface area contributed by atoms with Gasteiger partial charge in [-0.15, -0.1) is 10.2 Å². The second-order valence-electron chi connectivity index (χ2n) is 4.76. The van der Waals surface area contributed by atoms with Gasteiger partial charge in [-0.3, -0.25) is 0 Å². The van der Waals surface area contributed by atoms with Crippen molar-refractivity contribution in [1.29, 1.82) is 0 Å². The van der Waals surface area contributed by atoms with E-state index in [2.05, 4.69) is 27.0 Å². The fraction of sp³-hybridized carbons (Fsp3) is 0.538. The number of rotatable bonds is 4. The number of nitrogens with one attached hydrogen (secondary N) is 1. The summed E-state index contributed by atoms with van der Waals surface area (Å²) in [7, 11) is 0. The molecule has 1 atom stereocenters. The Morgan fingerprint density at radius 1 is 1.44 bits per heavy atom. The van der Waals surface area contributed by atoms with Crippen LogP contribution >= 0.6 is 0 Å². The molecule has 3 rings (SSSR count). The van der Waals surface area contributed by atoms with Crippen LogP contribution in [-0.4, -0.2) is 14.8 Å². The molecule has 96 valence electrons. The van der Waals surface area contributed by atoms with Gasteiger partial charge in [-0.25, -0.2) is 0 Å².